The van der Waals surface area contributed by atoms with E-state index in [2.05, 4.69) is 49.4 Å². The molecule has 1 atom stereocenters. The average Bonchev–Trinajstić information content (AvgIpc) is 2.16. The zero-order chi connectivity index (χ0) is 10.8. The van der Waals surface area contributed by atoms with Gasteiger partial charge in [0.2, 0.25) is 0 Å². The number of benzene rings is 1. The summed E-state index contributed by atoms with van der Waals surface area (Å²) in [5.74, 6) is 0. The van der Waals surface area contributed by atoms with E-state index in [1.165, 1.54) is 29.7 Å². The molecule has 0 aromatic heterocycles. The second-order valence-electron chi connectivity index (χ2n) is 4.80. The monoisotopic (exact) mass is 204 g/mol. The van der Waals surface area contributed by atoms with Crippen molar-refractivity contribution in [1.29, 1.82) is 0 Å². The zero-order valence-corrected chi connectivity index (χ0v) is 9.88. The van der Waals surface area contributed by atoms with Crippen LogP contribution in [0.5, 0.6) is 0 Å². The Morgan fingerprint density at radius 2 is 2.20 bits per heavy atom. The first kappa shape index (κ1) is 10.5. The third-order valence-electron chi connectivity index (χ3n) is 2.97. The van der Waals surface area contributed by atoms with Crippen molar-refractivity contribution in [3.05, 3.63) is 29.3 Å². The van der Waals surface area contributed by atoms with E-state index in [-0.39, 0.29) is 0 Å². The van der Waals surface area contributed by atoms with Gasteiger partial charge < -0.3 is 10.2 Å². The van der Waals surface area contributed by atoms with E-state index in [0.717, 1.165) is 6.54 Å². The Bertz CT molecular complexity index is 344. The number of hydrogen-bond donors (Lipinski definition) is 1. The van der Waals surface area contributed by atoms with Gasteiger partial charge in [0.1, 0.15) is 0 Å². The van der Waals surface area contributed by atoms with Gasteiger partial charge in [-0.3, -0.25) is 0 Å². The van der Waals surface area contributed by atoms with Gasteiger partial charge in [0, 0.05) is 18.3 Å². The van der Waals surface area contributed by atoms with Crippen molar-refractivity contribution in [2.75, 3.05) is 26.0 Å². The molecule has 0 saturated heterocycles. The minimum absolute atomic E-state index is 0.606. The van der Waals surface area contributed by atoms with Gasteiger partial charge in [-0.1, -0.05) is 12.1 Å². The highest BCUT2D eigenvalue weighted by Crippen LogP contribution is 2.25. The Morgan fingerprint density at radius 1 is 1.40 bits per heavy atom. The lowest BCUT2D eigenvalue weighted by Gasteiger charge is -2.29. The largest absolute Gasteiger partial charge is 0.381 e. The van der Waals surface area contributed by atoms with Crippen molar-refractivity contribution in [2.45, 2.75) is 25.8 Å². The van der Waals surface area contributed by atoms with Crippen LogP contribution >= 0.6 is 0 Å². The van der Waals surface area contributed by atoms with Crippen LogP contribution in [0, 0.1) is 6.92 Å². The van der Waals surface area contributed by atoms with Crippen LogP contribution in [0.3, 0.4) is 0 Å². The molecular formula is C13H20N2. The molecule has 1 aliphatic rings. The number of rotatable bonds is 2. The van der Waals surface area contributed by atoms with Crippen molar-refractivity contribution in [1.82, 2.24) is 4.90 Å². The van der Waals surface area contributed by atoms with Gasteiger partial charge in [0.05, 0.1) is 0 Å². The van der Waals surface area contributed by atoms with E-state index in [1.54, 1.807) is 0 Å². The summed E-state index contributed by atoms with van der Waals surface area (Å²) in [6.45, 7) is 3.27. The highest BCUT2D eigenvalue weighted by molar-refractivity contribution is 5.55. The number of likely N-dealkylation sites (N-methyl/N-ethyl adjacent to an activating group) is 1. The summed E-state index contributed by atoms with van der Waals surface area (Å²) in [6, 6.07) is 7.32. The van der Waals surface area contributed by atoms with E-state index in [4.69, 9.17) is 0 Å². The topological polar surface area (TPSA) is 15.3 Å². The highest BCUT2D eigenvalue weighted by atomic mass is 15.1. The second-order valence-corrected chi connectivity index (χ2v) is 4.80. The van der Waals surface area contributed by atoms with Gasteiger partial charge in [0.15, 0.2) is 0 Å². The molecule has 0 radical (unpaired) electrons. The molecule has 0 aliphatic carbocycles. The molecule has 1 unspecified atom stereocenters. The van der Waals surface area contributed by atoms with Crippen LogP contribution in [0.2, 0.25) is 0 Å². The quantitative estimate of drug-likeness (QED) is 0.795. The molecule has 1 heterocycles. The molecule has 0 fully saturated rings. The minimum Gasteiger partial charge on any atom is -0.381 e. The number of nitrogens with zero attached hydrogens (tertiary/aromatic N) is 1. The fourth-order valence-corrected chi connectivity index (χ4v) is 2.24. The predicted molar refractivity (Wildman–Crippen MR) is 65.5 cm³/mol. The SMILES string of the molecule is Cc1ccc2c(c1)NC(CN(C)C)CC2. The molecule has 0 saturated carbocycles. The van der Waals surface area contributed by atoms with E-state index in [0.29, 0.717) is 6.04 Å². The number of hydrogen-bond acceptors (Lipinski definition) is 2. The van der Waals surface area contributed by atoms with Crippen LogP contribution in [-0.4, -0.2) is 31.6 Å². The molecule has 1 N–H and O–H groups in total. The van der Waals surface area contributed by atoms with Crippen LogP contribution in [0.1, 0.15) is 17.5 Å². The molecule has 1 aromatic rings. The Kier molecular flexibility index (Phi) is 2.96. The van der Waals surface area contributed by atoms with Gasteiger partial charge in [0.25, 0.3) is 0 Å². The maximum Gasteiger partial charge on any atom is 0.0391 e. The lowest BCUT2D eigenvalue weighted by atomic mass is 9.96. The van der Waals surface area contributed by atoms with E-state index < -0.39 is 0 Å². The lowest BCUT2D eigenvalue weighted by molar-refractivity contribution is 0.371. The van der Waals surface area contributed by atoms with Crippen molar-refractivity contribution in [3.63, 3.8) is 0 Å². The summed E-state index contributed by atoms with van der Waals surface area (Å²) in [6.07, 6.45) is 2.45. The van der Waals surface area contributed by atoms with Crippen LogP contribution in [-0.2, 0) is 6.42 Å². The fraction of sp³-hybridized carbons (Fsp3) is 0.538. The van der Waals surface area contributed by atoms with Gasteiger partial charge in [-0.05, 0) is 51.1 Å². The Hall–Kier alpha value is -1.02. The lowest BCUT2D eigenvalue weighted by Crippen LogP contribution is -2.35. The summed E-state index contributed by atoms with van der Waals surface area (Å²) in [5, 5.41) is 3.63. The smallest absolute Gasteiger partial charge is 0.0391 e. The molecular weight excluding hydrogens is 184 g/mol. The van der Waals surface area contributed by atoms with Crippen LogP contribution in [0.15, 0.2) is 18.2 Å². The van der Waals surface area contributed by atoms with Crippen molar-refractivity contribution in [2.24, 2.45) is 0 Å². The van der Waals surface area contributed by atoms with Crippen LogP contribution < -0.4 is 5.32 Å². The number of anilines is 1. The first-order valence-electron chi connectivity index (χ1n) is 5.66. The predicted octanol–water partition coefficient (Wildman–Crippen LogP) is 2.28. The van der Waals surface area contributed by atoms with E-state index >= 15 is 0 Å². The zero-order valence-electron chi connectivity index (χ0n) is 9.88. The van der Waals surface area contributed by atoms with Gasteiger partial charge >= 0.3 is 0 Å². The number of aryl methyl sites for hydroxylation is 2. The maximum atomic E-state index is 3.63. The van der Waals surface area contributed by atoms with Crippen molar-refractivity contribution < 1.29 is 0 Å². The van der Waals surface area contributed by atoms with Crippen molar-refractivity contribution in [3.8, 4) is 0 Å². The minimum atomic E-state index is 0.606. The third-order valence-corrected chi connectivity index (χ3v) is 2.97. The molecule has 0 spiro atoms. The van der Waals surface area contributed by atoms with Crippen LogP contribution in [0.25, 0.3) is 0 Å². The Labute approximate surface area is 92.3 Å². The second kappa shape index (κ2) is 4.23. The molecule has 2 nitrogen and oxygen atoms in total. The third kappa shape index (κ3) is 2.51. The first-order chi connectivity index (χ1) is 7.15. The molecule has 1 aliphatic heterocycles. The fourth-order valence-electron chi connectivity index (χ4n) is 2.24. The Morgan fingerprint density at radius 3 is 2.93 bits per heavy atom. The van der Waals surface area contributed by atoms with Crippen molar-refractivity contribution >= 4 is 5.69 Å². The summed E-state index contributed by atoms with van der Waals surface area (Å²) < 4.78 is 0. The molecule has 2 heteroatoms. The summed E-state index contributed by atoms with van der Waals surface area (Å²) in [7, 11) is 4.26. The summed E-state index contributed by atoms with van der Waals surface area (Å²) >= 11 is 0. The van der Waals surface area contributed by atoms with E-state index in [1.807, 2.05) is 0 Å². The van der Waals surface area contributed by atoms with Gasteiger partial charge in [-0.25, -0.2) is 0 Å². The number of fused-ring (bicyclic) bond motifs is 1. The molecule has 82 valence electrons. The highest BCUT2D eigenvalue weighted by Gasteiger charge is 2.17. The molecule has 15 heavy (non-hydrogen) atoms. The van der Waals surface area contributed by atoms with Gasteiger partial charge in [-0.2, -0.15) is 0 Å². The number of nitrogens with one attached hydrogen (secondary N) is 1. The molecule has 0 amide bonds. The molecule has 0 bridgehead atoms. The first-order valence-corrected chi connectivity index (χ1v) is 5.66. The maximum absolute atomic E-state index is 3.63. The summed E-state index contributed by atoms with van der Waals surface area (Å²) in [5.41, 5.74) is 4.15. The Balaban J connectivity index is 2.11. The van der Waals surface area contributed by atoms with Crippen LogP contribution in [0.4, 0.5) is 5.69 Å². The van der Waals surface area contributed by atoms with Gasteiger partial charge in [-0.15, -0.1) is 0 Å². The molecule has 1 aromatic carbocycles. The standard InChI is InChI=1S/C13H20N2/c1-10-4-5-11-6-7-12(9-15(2)3)14-13(11)8-10/h4-5,8,12,14H,6-7,9H2,1-3H3. The average molecular weight is 204 g/mol. The normalized spacial score (nSPS) is 19.9. The van der Waals surface area contributed by atoms with E-state index in [9.17, 15) is 0 Å². The molecule has 2 rings (SSSR count). The summed E-state index contributed by atoms with van der Waals surface area (Å²) in [4.78, 5) is 2.25.